The molecule has 0 aromatic heterocycles. The molecule has 3 aliphatic rings. The van der Waals surface area contributed by atoms with Crippen LogP contribution in [0.4, 0.5) is 0 Å². The quantitative estimate of drug-likeness (QED) is 0.199. The molecular formula is C26H39Cl4Rh3-2. The van der Waals surface area contributed by atoms with E-state index >= 15 is 0 Å². The Bertz CT molecular complexity index is 539. The summed E-state index contributed by atoms with van der Waals surface area (Å²) >= 11 is -0.226. The van der Waals surface area contributed by atoms with Crippen molar-refractivity contribution in [2.75, 3.05) is 0 Å². The van der Waals surface area contributed by atoms with Crippen molar-refractivity contribution in [1.82, 2.24) is 0 Å². The fraction of sp³-hybridized carbons (Fsp3) is 0.538. The molecule has 0 aliphatic heterocycles. The van der Waals surface area contributed by atoms with Gasteiger partial charge < -0.3 is 24.8 Å². The van der Waals surface area contributed by atoms with Crippen molar-refractivity contribution in [2.24, 2.45) is 5.41 Å². The number of hydrogen-bond donors (Lipinski definition) is 0. The van der Waals surface area contributed by atoms with E-state index in [9.17, 15) is 0 Å². The Kier molecular flexibility index (Phi) is 40.0. The van der Waals surface area contributed by atoms with Crippen LogP contribution >= 0.6 is 19.4 Å². The molecule has 0 unspecified atom stereocenters. The van der Waals surface area contributed by atoms with Crippen molar-refractivity contribution in [2.45, 2.75) is 86.0 Å². The Hall–Kier alpha value is 1.47. The normalized spacial score (nSPS) is 19.4. The van der Waals surface area contributed by atoms with Crippen molar-refractivity contribution < 1.29 is 78.9 Å². The summed E-state index contributed by atoms with van der Waals surface area (Å²) in [5.74, 6) is 0. The van der Waals surface area contributed by atoms with E-state index in [0.717, 1.165) is 0 Å². The first-order chi connectivity index (χ1) is 13.9. The first-order valence-electron chi connectivity index (χ1n) is 10.6. The summed E-state index contributed by atoms with van der Waals surface area (Å²) in [4.78, 5) is 0. The van der Waals surface area contributed by atoms with Crippen LogP contribution in [0.3, 0.4) is 0 Å². The summed E-state index contributed by atoms with van der Waals surface area (Å²) in [5, 5.41) is 0. The van der Waals surface area contributed by atoms with Crippen LogP contribution in [0.5, 0.6) is 0 Å². The number of hydrogen-bond acceptors (Lipinski definition) is 0. The van der Waals surface area contributed by atoms with Crippen LogP contribution in [0, 0.1) is 11.5 Å². The minimum absolute atomic E-state index is 0. The van der Waals surface area contributed by atoms with Gasteiger partial charge in [-0.3, -0.25) is 6.08 Å². The van der Waals surface area contributed by atoms with Gasteiger partial charge in [-0.05, 0) is 51.4 Å². The second kappa shape index (κ2) is 29.7. The van der Waals surface area contributed by atoms with Gasteiger partial charge in [0.2, 0.25) is 0 Å². The first kappa shape index (κ1) is 44.5. The van der Waals surface area contributed by atoms with Crippen molar-refractivity contribution in [3.63, 3.8) is 0 Å². The maximum atomic E-state index is 4.83. The standard InChI is InChI=1S/C10H15.2C8H12.4ClH.3Rh/c1-7-6-10(4,5)9(3)8(7)2;2*1-2-4-6-8-7-5-3-1;;;;;;;/h1-5H3;2*1-2,7-8H,3-6H2;4*1H;;;/q-1;;;;;;;;;+3/p-4/b;2*2-1-,8-7?;;;;;;;. The topological polar surface area (TPSA) is 0 Å². The summed E-state index contributed by atoms with van der Waals surface area (Å²) in [6.45, 7) is 10.9. The van der Waals surface area contributed by atoms with E-state index in [0.29, 0.717) is 0 Å². The van der Waals surface area contributed by atoms with Gasteiger partial charge in [-0.15, -0.1) is 6.92 Å². The number of rotatable bonds is 0. The van der Waals surface area contributed by atoms with Gasteiger partial charge in [0.05, 0.1) is 0 Å². The van der Waals surface area contributed by atoms with Crippen LogP contribution in [0.2, 0.25) is 0 Å². The molecule has 0 aromatic carbocycles. The van der Waals surface area contributed by atoms with Gasteiger partial charge in [-0.1, -0.05) is 81.7 Å². The van der Waals surface area contributed by atoms with Gasteiger partial charge >= 0.3 is 34.5 Å². The SMILES string of the molecule is C1=CCC/C=C\CC1.C1=CCC/C=C\CC1.CC1=[C-]C(C)(C)C(C)=C1C.[Cl-].[Cl-].[Cl][Rh+][Cl].[Rh].[Rh]. The van der Waals surface area contributed by atoms with Crippen LogP contribution in [0.15, 0.2) is 65.3 Å². The molecule has 0 heterocycles. The second-order valence-electron chi connectivity index (χ2n) is 7.87. The zero-order valence-electron chi connectivity index (χ0n) is 20.3. The Labute approximate surface area is 258 Å². The van der Waals surface area contributed by atoms with Gasteiger partial charge in [-0.2, -0.15) is 11.1 Å². The predicted octanol–water partition coefficient (Wildman–Crippen LogP) is 3.84. The van der Waals surface area contributed by atoms with Crippen LogP contribution in [-0.2, 0) is 54.1 Å². The molecule has 2 radical (unpaired) electrons. The van der Waals surface area contributed by atoms with Crippen molar-refractivity contribution in [3.05, 3.63) is 71.4 Å². The number of allylic oxidation sites excluding steroid dienone is 12. The average Bonchev–Trinajstić information content (AvgIpc) is 2.77. The van der Waals surface area contributed by atoms with Gasteiger partial charge in [0, 0.05) is 39.0 Å². The van der Waals surface area contributed by atoms with Gasteiger partial charge in [0.1, 0.15) is 0 Å². The van der Waals surface area contributed by atoms with Gasteiger partial charge in [0.25, 0.3) is 0 Å². The van der Waals surface area contributed by atoms with E-state index < -0.39 is 0 Å². The molecular weight excluding hydrogens is 763 g/mol. The third-order valence-electron chi connectivity index (χ3n) is 5.23. The van der Waals surface area contributed by atoms with E-state index in [1.165, 1.54) is 68.1 Å². The Morgan fingerprint density at radius 3 is 0.939 bits per heavy atom. The van der Waals surface area contributed by atoms with E-state index in [4.69, 9.17) is 19.4 Å². The molecule has 200 valence electrons. The maximum Gasteiger partial charge on any atom is 0 e. The first-order valence-corrected chi connectivity index (χ1v) is 14.8. The average molecular weight is 802 g/mol. The van der Waals surface area contributed by atoms with Crippen LogP contribution in [0.25, 0.3) is 0 Å². The van der Waals surface area contributed by atoms with Gasteiger partial charge in [0.15, 0.2) is 0 Å². The molecule has 0 atom stereocenters. The predicted molar refractivity (Wildman–Crippen MR) is 130 cm³/mol. The Morgan fingerprint density at radius 2 is 0.848 bits per heavy atom. The van der Waals surface area contributed by atoms with Crippen LogP contribution in [-0.4, -0.2) is 0 Å². The molecule has 33 heavy (non-hydrogen) atoms. The Balaban J connectivity index is -0.000000107. The van der Waals surface area contributed by atoms with Gasteiger partial charge in [-0.25, -0.2) is 5.57 Å². The molecule has 0 saturated carbocycles. The largest absolute Gasteiger partial charge is 0 e. The molecule has 3 aliphatic carbocycles. The van der Waals surface area contributed by atoms with E-state index in [-0.39, 0.29) is 84.3 Å². The van der Waals surface area contributed by atoms with E-state index in [2.05, 4.69) is 89.3 Å². The molecule has 3 rings (SSSR count). The van der Waals surface area contributed by atoms with Crippen LogP contribution < -0.4 is 24.8 Å². The fourth-order valence-corrected chi connectivity index (χ4v) is 3.12. The summed E-state index contributed by atoms with van der Waals surface area (Å²) < 4.78 is 0. The smallest absolute Gasteiger partial charge is 0 e. The number of halogens is 4. The minimum Gasteiger partial charge on any atom is 0 e. The molecule has 0 spiro atoms. The Morgan fingerprint density at radius 1 is 0.636 bits per heavy atom. The summed E-state index contributed by atoms with van der Waals surface area (Å²) in [6, 6.07) is 0. The molecule has 7 heteroatoms. The van der Waals surface area contributed by atoms with Crippen molar-refractivity contribution >= 4 is 19.4 Å². The molecule has 0 N–H and O–H groups in total. The summed E-state index contributed by atoms with van der Waals surface area (Å²) in [7, 11) is 9.67. The molecule has 0 aromatic rings. The zero-order valence-corrected chi connectivity index (χ0v) is 28.2. The molecule has 0 nitrogen and oxygen atoms in total. The summed E-state index contributed by atoms with van der Waals surface area (Å²) in [6.07, 6.45) is 31.4. The van der Waals surface area contributed by atoms with E-state index in [1.807, 2.05) is 0 Å². The minimum atomic E-state index is -0.226. The maximum absolute atomic E-state index is 4.83. The molecule has 0 saturated heterocycles. The molecule has 0 fully saturated rings. The van der Waals surface area contributed by atoms with E-state index in [1.54, 1.807) is 0 Å². The van der Waals surface area contributed by atoms with Crippen molar-refractivity contribution in [3.8, 4) is 0 Å². The van der Waals surface area contributed by atoms with Crippen LogP contribution in [0.1, 0.15) is 86.0 Å². The third kappa shape index (κ3) is 24.9. The zero-order chi connectivity index (χ0) is 22.0. The fourth-order valence-electron chi connectivity index (χ4n) is 3.12. The second-order valence-corrected chi connectivity index (χ2v) is 10.4. The molecule has 0 bridgehead atoms. The molecule has 0 amide bonds. The third-order valence-corrected chi connectivity index (χ3v) is 5.23. The van der Waals surface area contributed by atoms with Crippen molar-refractivity contribution in [1.29, 1.82) is 0 Å². The monoisotopic (exact) mass is 800 g/mol. The summed E-state index contributed by atoms with van der Waals surface area (Å²) in [5.41, 5.74) is 4.39.